The van der Waals surface area contributed by atoms with Crippen LogP contribution in [0.5, 0.6) is 11.5 Å². The zero-order valence-electron chi connectivity index (χ0n) is 12.5. The van der Waals surface area contributed by atoms with Gasteiger partial charge in [0.25, 0.3) is 0 Å². The quantitative estimate of drug-likeness (QED) is 0.572. The van der Waals surface area contributed by atoms with Crippen LogP contribution < -0.4 is 4.74 Å². The molecule has 0 amide bonds. The molecule has 0 radical (unpaired) electrons. The number of methoxy groups -OCH3 is 1. The van der Waals surface area contributed by atoms with E-state index in [1.807, 2.05) is 30.3 Å². The van der Waals surface area contributed by atoms with E-state index in [4.69, 9.17) is 4.74 Å². The summed E-state index contributed by atoms with van der Waals surface area (Å²) in [6, 6.07) is 16.4. The number of Topliss-reactive ketones (excluding diaryl/α,β-unsaturated/α-hetero) is 1. The van der Waals surface area contributed by atoms with Gasteiger partial charge in [-0.1, -0.05) is 18.2 Å². The number of ketones is 1. The Labute approximate surface area is 129 Å². The smallest absolute Gasteiger partial charge is 0.305 e. The second-order valence-electron chi connectivity index (χ2n) is 4.79. The number of carbonyl (C=O) groups is 2. The third-order valence-electron chi connectivity index (χ3n) is 3.17. The van der Waals surface area contributed by atoms with Crippen LogP contribution in [0.1, 0.15) is 29.6 Å². The van der Waals surface area contributed by atoms with Gasteiger partial charge in [0, 0.05) is 18.4 Å². The molecule has 4 nitrogen and oxygen atoms in total. The topological polar surface area (TPSA) is 52.6 Å². The Kier molecular flexibility index (Phi) is 5.72. The molecule has 4 heteroatoms. The Bertz CT molecular complexity index is 617. The average Bonchev–Trinajstić information content (AvgIpc) is 2.56. The first-order chi connectivity index (χ1) is 10.7. The van der Waals surface area contributed by atoms with Gasteiger partial charge in [-0.05, 0) is 42.8 Å². The monoisotopic (exact) mass is 298 g/mol. The van der Waals surface area contributed by atoms with Crippen molar-refractivity contribution in [2.45, 2.75) is 19.3 Å². The molecule has 0 aliphatic heterocycles. The first-order valence-corrected chi connectivity index (χ1v) is 7.12. The highest BCUT2D eigenvalue weighted by Crippen LogP contribution is 2.21. The number of benzene rings is 2. The van der Waals surface area contributed by atoms with Crippen molar-refractivity contribution < 1.29 is 19.1 Å². The number of ether oxygens (including phenoxy) is 2. The predicted molar refractivity (Wildman–Crippen MR) is 83.2 cm³/mol. The summed E-state index contributed by atoms with van der Waals surface area (Å²) in [5.74, 6) is 1.14. The van der Waals surface area contributed by atoms with Gasteiger partial charge in [-0.25, -0.2) is 0 Å². The lowest BCUT2D eigenvalue weighted by molar-refractivity contribution is -0.140. The lowest BCUT2D eigenvalue weighted by atomic mass is 10.1. The molecule has 0 saturated carbocycles. The molecule has 0 heterocycles. The Morgan fingerprint density at radius 2 is 1.50 bits per heavy atom. The van der Waals surface area contributed by atoms with Crippen LogP contribution in [0.15, 0.2) is 54.6 Å². The fourth-order valence-electron chi connectivity index (χ4n) is 1.97. The second-order valence-corrected chi connectivity index (χ2v) is 4.79. The molecule has 0 aliphatic rings. The first kappa shape index (κ1) is 15.8. The van der Waals surface area contributed by atoms with E-state index in [0.29, 0.717) is 24.2 Å². The fraction of sp³-hybridized carbons (Fsp3) is 0.222. The highest BCUT2D eigenvalue weighted by atomic mass is 16.5. The molecule has 0 N–H and O–H groups in total. The summed E-state index contributed by atoms with van der Waals surface area (Å²) in [4.78, 5) is 23.0. The predicted octanol–water partition coefficient (Wildman–Crippen LogP) is 4.00. The maximum Gasteiger partial charge on any atom is 0.305 e. The van der Waals surface area contributed by atoms with Crippen molar-refractivity contribution in [3.63, 3.8) is 0 Å². The minimum atomic E-state index is -0.292. The summed E-state index contributed by atoms with van der Waals surface area (Å²) in [6.07, 6.45) is 1.08. The van der Waals surface area contributed by atoms with E-state index in [2.05, 4.69) is 4.74 Å². The molecule has 0 aliphatic carbocycles. The third-order valence-corrected chi connectivity index (χ3v) is 3.17. The van der Waals surface area contributed by atoms with Crippen molar-refractivity contribution >= 4 is 11.8 Å². The summed E-state index contributed by atoms with van der Waals surface area (Å²) in [6.45, 7) is 0. The third kappa shape index (κ3) is 4.74. The lowest BCUT2D eigenvalue weighted by Gasteiger charge is -2.06. The highest BCUT2D eigenvalue weighted by molar-refractivity contribution is 5.96. The minimum Gasteiger partial charge on any atom is -0.469 e. The summed E-state index contributed by atoms with van der Waals surface area (Å²) >= 11 is 0. The molecule has 2 rings (SSSR count). The Morgan fingerprint density at radius 1 is 0.864 bits per heavy atom. The van der Waals surface area contributed by atoms with Crippen LogP contribution >= 0.6 is 0 Å². The maximum atomic E-state index is 12.0. The number of hydrogen-bond acceptors (Lipinski definition) is 4. The summed E-state index contributed by atoms with van der Waals surface area (Å²) < 4.78 is 10.2. The molecule has 0 atom stereocenters. The molecule has 2 aromatic carbocycles. The van der Waals surface area contributed by atoms with Gasteiger partial charge in [-0.15, -0.1) is 0 Å². The number of carbonyl (C=O) groups excluding carboxylic acids is 2. The average molecular weight is 298 g/mol. The number of rotatable bonds is 7. The van der Waals surface area contributed by atoms with Crippen molar-refractivity contribution in [2.75, 3.05) is 7.11 Å². The SMILES string of the molecule is COC(=O)CCCC(=O)c1ccc(Oc2ccccc2)cc1. The van der Waals surface area contributed by atoms with Crippen LogP contribution in [0.2, 0.25) is 0 Å². The molecule has 2 aromatic rings. The summed E-state index contributed by atoms with van der Waals surface area (Å²) in [5.41, 5.74) is 0.616. The van der Waals surface area contributed by atoms with Crippen LogP contribution in [-0.4, -0.2) is 18.9 Å². The molecular weight excluding hydrogens is 280 g/mol. The van der Waals surface area contributed by atoms with E-state index in [0.717, 1.165) is 5.75 Å². The van der Waals surface area contributed by atoms with E-state index in [-0.39, 0.29) is 18.2 Å². The van der Waals surface area contributed by atoms with E-state index in [1.54, 1.807) is 24.3 Å². The fourth-order valence-corrected chi connectivity index (χ4v) is 1.97. The largest absolute Gasteiger partial charge is 0.469 e. The molecule has 114 valence electrons. The van der Waals surface area contributed by atoms with Crippen LogP contribution in [0, 0.1) is 0 Å². The zero-order chi connectivity index (χ0) is 15.8. The van der Waals surface area contributed by atoms with Gasteiger partial charge in [0.15, 0.2) is 5.78 Å². The lowest BCUT2D eigenvalue weighted by Crippen LogP contribution is -2.03. The Hall–Kier alpha value is -2.62. The van der Waals surface area contributed by atoms with Gasteiger partial charge in [-0.2, -0.15) is 0 Å². The molecule has 0 spiro atoms. The molecule has 0 bridgehead atoms. The maximum absolute atomic E-state index is 12.0. The zero-order valence-corrected chi connectivity index (χ0v) is 12.5. The van der Waals surface area contributed by atoms with Gasteiger partial charge in [-0.3, -0.25) is 9.59 Å². The van der Waals surface area contributed by atoms with Crippen molar-refractivity contribution in [2.24, 2.45) is 0 Å². The molecule has 22 heavy (non-hydrogen) atoms. The van der Waals surface area contributed by atoms with Crippen LogP contribution in [-0.2, 0) is 9.53 Å². The van der Waals surface area contributed by atoms with Gasteiger partial charge < -0.3 is 9.47 Å². The van der Waals surface area contributed by atoms with E-state index >= 15 is 0 Å². The van der Waals surface area contributed by atoms with Gasteiger partial charge in [0.1, 0.15) is 11.5 Å². The first-order valence-electron chi connectivity index (χ1n) is 7.12. The van der Waals surface area contributed by atoms with Gasteiger partial charge in [0.05, 0.1) is 7.11 Å². The van der Waals surface area contributed by atoms with Crippen molar-refractivity contribution in [3.8, 4) is 11.5 Å². The number of esters is 1. The molecular formula is C18H18O4. The number of para-hydroxylation sites is 1. The Morgan fingerprint density at radius 3 is 2.14 bits per heavy atom. The van der Waals surface area contributed by atoms with Crippen molar-refractivity contribution in [1.29, 1.82) is 0 Å². The highest BCUT2D eigenvalue weighted by Gasteiger charge is 2.08. The van der Waals surface area contributed by atoms with Gasteiger partial charge in [0.2, 0.25) is 0 Å². The molecule has 0 saturated heterocycles. The van der Waals surface area contributed by atoms with E-state index < -0.39 is 0 Å². The van der Waals surface area contributed by atoms with Crippen LogP contribution in [0.4, 0.5) is 0 Å². The summed E-state index contributed by atoms with van der Waals surface area (Å²) in [5, 5.41) is 0. The Balaban J connectivity index is 1.88. The number of hydrogen-bond donors (Lipinski definition) is 0. The molecule has 0 fully saturated rings. The van der Waals surface area contributed by atoms with E-state index in [1.165, 1.54) is 7.11 Å². The second kappa shape index (κ2) is 7.98. The summed E-state index contributed by atoms with van der Waals surface area (Å²) in [7, 11) is 1.34. The van der Waals surface area contributed by atoms with Crippen LogP contribution in [0.3, 0.4) is 0 Å². The molecule has 0 aromatic heterocycles. The van der Waals surface area contributed by atoms with Gasteiger partial charge >= 0.3 is 5.97 Å². The van der Waals surface area contributed by atoms with Crippen molar-refractivity contribution in [3.05, 3.63) is 60.2 Å². The minimum absolute atomic E-state index is 0.00941. The van der Waals surface area contributed by atoms with Crippen LogP contribution in [0.25, 0.3) is 0 Å². The molecule has 0 unspecified atom stereocenters. The van der Waals surface area contributed by atoms with Crippen molar-refractivity contribution in [1.82, 2.24) is 0 Å². The standard InChI is InChI=1S/C18H18O4/c1-21-18(20)9-5-8-17(19)14-10-12-16(13-11-14)22-15-6-3-2-4-7-15/h2-4,6-7,10-13H,5,8-9H2,1H3. The van der Waals surface area contributed by atoms with E-state index in [9.17, 15) is 9.59 Å². The normalized spacial score (nSPS) is 10.0.